The van der Waals surface area contributed by atoms with E-state index in [2.05, 4.69) is 20.1 Å². The van der Waals surface area contributed by atoms with Crippen LogP contribution in [0.1, 0.15) is 47.3 Å². The first-order chi connectivity index (χ1) is 16.9. The summed E-state index contributed by atoms with van der Waals surface area (Å²) in [6, 6.07) is 5.27. The molecular weight excluding hydrogens is 484 g/mol. The summed E-state index contributed by atoms with van der Waals surface area (Å²) in [4.78, 5) is 22.6. The van der Waals surface area contributed by atoms with E-state index < -0.39 is 9.84 Å². The summed E-state index contributed by atoms with van der Waals surface area (Å²) in [5.41, 5.74) is 1.26. The van der Waals surface area contributed by atoms with E-state index in [-0.39, 0.29) is 16.2 Å². The van der Waals surface area contributed by atoms with Crippen molar-refractivity contribution in [3.63, 3.8) is 0 Å². The summed E-state index contributed by atoms with van der Waals surface area (Å²) in [5, 5.41) is 3.11. The molecule has 4 heterocycles. The maximum absolute atomic E-state index is 12.5. The molecule has 0 unspecified atom stereocenters. The average Bonchev–Trinajstić information content (AvgIpc) is 3.54. The second-order valence-corrected chi connectivity index (χ2v) is 13.2. The topological polar surface area (TPSA) is 91.8 Å². The molecule has 5 rings (SSSR count). The number of rotatable bonds is 7. The molecule has 1 saturated carbocycles. The zero-order valence-corrected chi connectivity index (χ0v) is 21.9. The molecule has 2 aliphatic heterocycles. The van der Waals surface area contributed by atoms with Crippen LogP contribution < -0.4 is 15.0 Å². The molecule has 1 saturated heterocycles. The molecule has 3 aliphatic rings. The zero-order chi connectivity index (χ0) is 24.4. The number of pyridine rings is 1. The molecule has 1 amide bonds. The Bertz CT molecular complexity index is 1150. The Kier molecular flexibility index (Phi) is 7.31. The van der Waals surface area contributed by atoms with Gasteiger partial charge < -0.3 is 15.0 Å². The number of amides is 1. The number of nitrogens with one attached hydrogen (secondary N) is 1. The summed E-state index contributed by atoms with van der Waals surface area (Å²) in [6.07, 6.45) is 9.42. The third-order valence-corrected chi connectivity index (χ3v) is 10.4. The molecule has 1 N–H and O–H groups in total. The van der Waals surface area contributed by atoms with E-state index in [1.807, 2.05) is 12.3 Å². The van der Waals surface area contributed by atoms with Gasteiger partial charge in [-0.2, -0.15) is 0 Å². The van der Waals surface area contributed by atoms with E-state index in [9.17, 15) is 13.2 Å². The van der Waals surface area contributed by atoms with Gasteiger partial charge in [-0.3, -0.25) is 9.69 Å². The van der Waals surface area contributed by atoms with E-state index in [0.29, 0.717) is 10.8 Å². The number of piperazine rings is 1. The van der Waals surface area contributed by atoms with Gasteiger partial charge in [-0.15, -0.1) is 11.3 Å². The van der Waals surface area contributed by atoms with Gasteiger partial charge in [-0.25, -0.2) is 13.4 Å². The molecule has 190 valence electrons. The smallest absolute Gasteiger partial charge is 0.261 e. The van der Waals surface area contributed by atoms with Crippen LogP contribution in [0.5, 0.6) is 5.75 Å². The maximum atomic E-state index is 12.5. The number of anilines is 1. The summed E-state index contributed by atoms with van der Waals surface area (Å²) in [7, 11) is -3.27. The Labute approximate surface area is 211 Å². The molecule has 0 atom stereocenters. The second kappa shape index (κ2) is 10.4. The minimum Gasteiger partial charge on any atom is -0.493 e. The van der Waals surface area contributed by atoms with Crippen molar-refractivity contribution >= 4 is 32.9 Å². The zero-order valence-electron chi connectivity index (χ0n) is 20.2. The quantitative estimate of drug-likeness (QED) is 0.603. The molecule has 0 radical (unpaired) electrons. The molecule has 2 aromatic rings. The summed E-state index contributed by atoms with van der Waals surface area (Å²) >= 11 is 1.05. The lowest BCUT2D eigenvalue weighted by atomic mass is 9.84. The largest absolute Gasteiger partial charge is 0.493 e. The Hall–Kier alpha value is -2.17. The first kappa shape index (κ1) is 24.5. The Morgan fingerprint density at radius 2 is 1.91 bits per heavy atom. The average molecular weight is 519 g/mol. The molecule has 10 heteroatoms. The van der Waals surface area contributed by atoms with Gasteiger partial charge in [0.2, 0.25) is 0 Å². The van der Waals surface area contributed by atoms with Crippen LogP contribution in [0.25, 0.3) is 0 Å². The lowest BCUT2D eigenvalue weighted by Gasteiger charge is -2.37. The van der Waals surface area contributed by atoms with Crippen LogP contribution in [0.3, 0.4) is 0 Å². The second-order valence-electron chi connectivity index (χ2n) is 9.91. The van der Waals surface area contributed by atoms with Crippen molar-refractivity contribution in [2.75, 3.05) is 50.5 Å². The van der Waals surface area contributed by atoms with E-state index >= 15 is 0 Å². The molecule has 2 fully saturated rings. The highest BCUT2D eigenvalue weighted by Gasteiger charge is 2.27. The number of thiophene rings is 1. The van der Waals surface area contributed by atoms with E-state index in [1.165, 1.54) is 24.3 Å². The van der Waals surface area contributed by atoms with Crippen molar-refractivity contribution < 1.29 is 17.9 Å². The van der Waals surface area contributed by atoms with Crippen molar-refractivity contribution in [1.82, 2.24) is 15.2 Å². The van der Waals surface area contributed by atoms with Crippen LogP contribution in [-0.2, 0) is 16.3 Å². The van der Waals surface area contributed by atoms with Gasteiger partial charge >= 0.3 is 0 Å². The number of ether oxygens (including phenoxy) is 1. The maximum Gasteiger partial charge on any atom is 0.261 e. The highest BCUT2D eigenvalue weighted by atomic mass is 32.2. The number of nitrogens with zero attached hydrogens (tertiary/aromatic N) is 3. The van der Waals surface area contributed by atoms with Gasteiger partial charge in [0.25, 0.3) is 5.91 Å². The van der Waals surface area contributed by atoms with Gasteiger partial charge in [0.1, 0.15) is 15.8 Å². The van der Waals surface area contributed by atoms with Gasteiger partial charge in [0, 0.05) is 56.7 Å². The summed E-state index contributed by atoms with van der Waals surface area (Å²) in [5.74, 6) is 2.65. The van der Waals surface area contributed by atoms with Crippen molar-refractivity contribution in [3.8, 4) is 5.75 Å². The lowest BCUT2D eigenvalue weighted by molar-refractivity contribution is 0.0924. The predicted octanol–water partition coefficient (Wildman–Crippen LogP) is 2.98. The Balaban J connectivity index is 1.02. The van der Waals surface area contributed by atoms with Gasteiger partial charge in [0.05, 0.1) is 11.5 Å². The van der Waals surface area contributed by atoms with Gasteiger partial charge in [0.15, 0.2) is 9.84 Å². The van der Waals surface area contributed by atoms with E-state index in [1.54, 1.807) is 6.07 Å². The molecule has 35 heavy (non-hydrogen) atoms. The molecule has 2 aromatic heterocycles. The summed E-state index contributed by atoms with van der Waals surface area (Å²) in [6.45, 7) is 6.03. The number of sulfone groups is 1. The highest BCUT2D eigenvalue weighted by Crippen LogP contribution is 2.33. The number of hydrogen-bond donors (Lipinski definition) is 1. The fourth-order valence-electron chi connectivity index (χ4n) is 5.41. The number of hydrogen-bond acceptors (Lipinski definition) is 8. The standard InChI is InChI=1S/C25H34N4O4S2/c1-35(31,32)23-7-6-22(34-23)25(30)27-19-4-2-18(3-5-19)9-12-28-13-15-29(16-14-28)24-20-10-17-33-21(20)8-11-26-24/h6-8,11,18-19H,2-5,9-10,12-17H2,1H3,(H,27,30). The van der Waals surface area contributed by atoms with Crippen LogP contribution in [0.4, 0.5) is 5.82 Å². The first-order valence-electron chi connectivity index (χ1n) is 12.6. The fourth-order valence-corrected chi connectivity index (χ4v) is 7.24. The minimum atomic E-state index is -3.27. The van der Waals surface area contributed by atoms with Crippen LogP contribution in [0, 0.1) is 5.92 Å². The molecule has 0 bridgehead atoms. The highest BCUT2D eigenvalue weighted by molar-refractivity contribution is 7.92. The SMILES string of the molecule is CS(=O)(=O)c1ccc(C(=O)NC2CCC(CCN3CCN(c4nccc5c4CCO5)CC3)CC2)s1. The number of aromatic nitrogens is 1. The molecule has 0 spiro atoms. The van der Waals surface area contributed by atoms with Crippen LogP contribution in [0.2, 0.25) is 0 Å². The number of fused-ring (bicyclic) bond motifs is 1. The number of carbonyl (C=O) groups is 1. The molecular formula is C25H34N4O4S2. The third-order valence-electron chi connectivity index (χ3n) is 7.48. The number of carbonyl (C=O) groups excluding carboxylic acids is 1. The minimum absolute atomic E-state index is 0.156. The van der Waals surface area contributed by atoms with Crippen molar-refractivity contribution in [2.24, 2.45) is 5.92 Å². The van der Waals surface area contributed by atoms with Crippen molar-refractivity contribution in [2.45, 2.75) is 48.8 Å². The Morgan fingerprint density at radius 1 is 1.14 bits per heavy atom. The van der Waals surface area contributed by atoms with Gasteiger partial charge in [-0.1, -0.05) is 0 Å². The van der Waals surface area contributed by atoms with Gasteiger partial charge in [-0.05, 0) is 62.8 Å². The third kappa shape index (κ3) is 5.81. The molecule has 1 aliphatic carbocycles. The van der Waals surface area contributed by atoms with Crippen molar-refractivity contribution in [3.05, 3.63) is 34.8 Å². The normalized spacial score (nSPS) is 23.1. The molecule has 0 aromatic carbocycles. The van der Waals surface area contributed by atoms with Crippen LogP contribution in [-0.4, -0.2) is 75.8 Å². The molecule has 8 nitrogen and oxygen atoms in total. The first-order valence-corrected chi connectivity index (χ1v) is 15.3. The van der Waals surface area contributed by atoms with E-state index in [0.717, 1.165) is 94.3 Å². The lowest BCUT2D eigenvalue weighted by Crippen LogP contribution is -2.47. The Morgan fingerprint density at radius 3 is 2.63 bits per heavy atom. The summed E-state index contributed by atoms with van der Waals surface area (Å²) < 4.78 is 29.3. The predicted molar refractivity (Wildman–Crippen MR) is 137 cm³/mol. The van der Waals surface area contributed by atoms with Crippen LogP contribution in [0.15, 0.2) is 28.6 Å². The fraction of sp³-hybridized carbons (Fsp3) is 0.600. The van der Waals surface area contributed by atoms with E-state index in [4.69, 9.17) is 4.74 Å². The van der Waals surface area contributed by atoms with Crippen molar-refractivity contribution in [1.29, 1.82) is 0 Å². The monoisotopic (exact) mass is 518 g/mol. The van der Waals surface area contributed by atoms with Crippen LogP contribution >= 0.6 is 11.3 Å².